The number of fused-ring (bicyclic) bond motifs is 1. The first-order chi connectivity index (χ1) is 12.9. The molecule has 1 aromatic carbocycles. The first kappa shape index (κ1) is 17.2. The number of rotatable bonds is 4. The van der Waals surface area contributed by atoms with Crippen LogP contribution in [0.3, 0.4) is 0 Å². The lowest BCUT2D eigenvalue weighted by molar-refractivity contribution is 0.0924. The normalized spacial score (nSPS) is 13.7. The first-order valence-corrected chi connectivity index (χ1v) is 10.1. The van der Waals surface area contributed by atoms with Crippen molar-refractivity contribution in [2.75, 3.05) is 17.5 Å². The first-order valence-electron chi connectivity index (χ1n) is 8.17. The molecule has 3 heterocycles. The van der Waals surface area contributed by atoms with Crippen molar-refractivity contribution in [1.29, 1.82) is 0 Å². The summed E-state index contributed by atoms with van der Waals surface area (Å²) < 4.78 is 26.7. The molecule has 3 aromatic rings. The molecule has 9 nitrogen and oxygen atoms in total. The van der Waals surface area contributed by atoms with Crippen molar-refractivity contribution in [3.63, 3.8) is 0 Å². The number of carbonyl (C=O) groups is 1. The summed E-state index contributed by atoms with van der Waals surface area (Å²) in [6.07, 6.45) is 2.72. The maximum atomic E-state index is 11.9. The van der Waals surface area contributed by atoms with Crippen molar-refractivity contribution in [2.24, 2.45) is 0 Å². The molecule has 0 unspecified atom stereocenters. The van der Waals surface area contributed by atoms with Gasteiger partial charge in [0, 0.05) is 24.0 Å². The van der Waals surface area contributed by atoms with Gasteiger partial charge in [0.2, 0.25) is 10.0 Å². The zero-order valence-electron chi connectivity index (χ0n) is 14.4. The molecule has 0 bridgehead atoms. The summed E-state index contributed by atoms with van der Waals surface area (Å²) >= 11 is 0. The van der Waals surface area contributed by atoms with Crippen LogP contribution in [0.1, 0.15) is 10.5 Å². The van der Waals surface area contributed by atoms with Crippen molar-refractivity contribution in [2.45, 2.75) is 6.54 Å². The lowest BCUT2D eigenvalue weighted by Crippen LogP contribution is -2.35. The smallest absolute Gasteiger partial charge is 0.269 e. The van der Waals surface area contributed by atoms with Crippen LogP contribution in [0.15, 0.2) is 42.6 Å². The Morgan fingerprint density at radius 1 is 1.15 bits per heavy atom. The maximum Gasteiger partial charge on any atom is 0.269 e. The van der Waals surface area contributed by atoms with Gasteiger partial charge in [0.05, 0.1) is 18.5 Å². The van der Waals surface area contributed by atoms with Crippen LogP contribution in [0, 0.1) is 0 Å². The number of benzene rings is 1. The van der Waals surface area contributed by atoms with Gasteiger partial charge in [-0.2, -0.15) is 5.10 Å². The molecule has 1 aliphatic heterocycles. The molecule has 0 fully saturated rings. The number of nitrogens with zero attached hydrogens (tertiary/aromatic N) is 4. The number of aromatic nitrogens is 4. The molecule has 0 atom stereocenters. The number of nitrogens with one attached hydrogen (secondary N) is 2. The number of hydrogen-bond acceptors (Lipinski definition) is 6. The molecular weight excluding hydrogens is 368 g/mol. The monoisotopic (exact) mass is 384 g/mol. The standard InChI is InChI=1S/C17H16N6O3S/c1-27(25,26)22-12-4-2-11(3-5-12)16-18-7-6-13(20-16)14-10-15-17(24)19-8-9-23(15)21-14/h2-7,10,22H,8-9H2,1H3,(H,19,24). The summed E-state index contributed by atoms with van der Waals surface area (Å²) in [5, 5.41) is 7.23. The number of carbonyl (C=O) groups excluding carboxylic acids is 1. The minimum atomic E-state index is -3.33. The third-order valence-corrected chi connectivity index (χ3v) is 4.59. The molecule has 2 aromatic heterocycles. The molecule has 0 saturated carbocycles. The highest BCUT2D eigenvalue weighted by atomic mass is 32.2. The zero-order valence-corrected chi connectivity index (χ0v) is 15.2. The third-order valence-electron chi connectivity index (χ3n) is 3.99. The predicted octanol–water partition coefficient (Wildman–Crippen LogP) is 1.12. The van der Waals surface area contributed by atoms with E-state index in [0.717, 1.165) is 11.8 Å². The average Bonchev–Trinajstić information content (AvgIpc) is 3.07. The summed E-state index contributed by atoms with van der Waals surface area (Å²) in [5.41, 5.74) is 2.91. The summed E-state index contributed by atoms with van der Waals surface area (Å²) in [5.74, 6) is 0.331. The largest absolute Gasteiger partial charge is 0.349 e. The SMILES string of the molecule is CS(=O)(=O)Nc1ccc(-c2nccc(-c3cc4n(n3)CCNC4=O)n2)cc1. The van der Waals surface area contributed by atoms with Gasteiger partial charge in [-0.15, -0.1) is 0 Å². The van der Waals surface area contributed by atoms with Crippen molar-refractivity contribution in [3.8, 4) is 22.8 Å². The van der Waals surface area contributed by atoms with E-state index >= 15 is 0 Å². The summed E-state index contributed by atoms with van der Waals surface area (Å²) in [6, 6.07) is 10.2. The molecule has 1 amide bonds. The molecule has 0 saturated heterocycles. The van der Waals surface area contributed by atoms with Gasteiger partial charge in [-0.25, -0.2) is 18.4 Å². The van der Waals surface area contributed by atoms with Crippen LogP contribution in [0.2, 0.25) is 0 Å². The van der Waals surface area contributed by atoms with E-state index in [4.69, 9.17) is 0 Å². The van der Waals surface area contributed by atoms with Gasteiger partial charge in [0.25, 0.3) is 5.91 Å². The van der Waals surface area contributed by atoms with Crippen LogP contribution < -0.4 is 10.0 Å². The Morgan fingerprint density at radius 2 is 1.93 bits per heavy atom. The fourth-order valence-electron chi connectivity index (χ4n) is 2.80. The molecule has 0 aliphatic carbocycles. The van der Waals surface area contributed by atoms with E-state index in [1.165, 1.54) is 0 Å². The fraction of sp³-hybridized carbons (Fsp3) is 0.176. The van der Waals surface area contributed by atoms with Crippen LogP contribution in [-0.2, 0) is 16.6 Å². The Kier molecular flexibility index (Phi) is 4.11. The van der Waals surface area contributed by atoms with Crippen molar-refractivity contribution in [1.82, 2.24) is 25.1 Å². The second kappa shape index (κ2) is 6.47. The van der Waals surface area contributed by atoms with Crippen LogP contribution in [0.25, 0.3) is 22.8 Å². The van der Waals surface area contributed by atoms with E-state index in [-0.39, 0.29) is 5.91 Å². The van der Waals surface area contributed by atoms with E-state index in [9.17, 15) is 13.2 Å². The Balaban J connectivity index is 1.64. The highest BCUT2D eigenvalue weighted by Gasteiger charge is 2.20. The topological polar surface area (TPSA) is 119 Å². The van der Waals surface area contributed by atoms with Crippen molar-refractivity contribution in [3.05, 3.63) is 48.3 Å². The van der Waals surface area contributed by atoms with Gasteiger partial charge in [0.1, 0.15) is 11.4 Å². The average molecular weight is 384 g/mol. The van der Waals surface area contributed by atoms with Gasteiger partial charge in [-0.3, -0.25) is 14.2 Å². The van der Waals surface area contributed by atoms with Gasteiger partial charge >= 0.3 is 0 Å². The number of anilines is 1. The van der Waals surface area contributed by atoms with Crippen molar-refractivity contribution < 1.29 is 13.2 Å². The van der Waals surface area contributed by atoms with Crippen LogP contribution in [0.4, 0.5) is 5.69 Å². The van der Waals surface area contributed by atoms with E-state index in [1.54, 1.807) is 47.3 Å². The Labute approximate surface area is 155 Å². The lowest BCUT2D eigenvalue weighted by Gasteiger charge is -2.13. The predicted molar refractivity (Wildman–Crippen MR) is 99.5 cm³/mol. The minimum Gasteiger partial charge on any atom is -0.349 e. The molecule has 4 rings (SSSR count). The Bertz CT molecular complexity index is 1120. The van der Waals surface area contributed by atoms with Crippen molar-refractivity contribution >= 4 is 21.6 Å². The Morgan fingerprint density at radius 3 is 2.63 bits per heavy atom. The molecule has 2 N–H and O–H groups in total. The van der Waals surface area contributed by atoms with Crippen LogP contribution in [0.5, 0.6) is 0 Å². The highest BCUT2D eigenvalue weighted by Crippen LogP contribution is 2.23. The van der Waals surface area contributed by atoms with Gasteiger partial charge < -0.3 is 5.32 Å². The summed E-state index contributed by atoms with van der Waals surface area (Å²) in [4.78, 5) is 20.7. The Hall–Kier alpha value is -3.27. The highest BCUT2D eigenvalue weighted by molar-refractivity contribution is 7.92. The van der Waals surface area contributed by atoms with Gasteiger partial charge in [-0.05, 0) is 36.4 Å². The lowest BCUT2D eigenvalue weighted by atomic mass is 10.2. The number of amides is 1. The van der Waals surface area contributed by atoms with Crippen LogP contribution >= 0.6 is 0 Å². The van der Waals surface area contributed by atoms with Gasteiger partial charge in [-0.1, -0.05) is 0 Å². The van der Waals surface area contributed by atoms with E-state index < -0.39 is 10.0 Å². The number of hydrogen-bond donors (Lipinski definition) is 2. The summed E-state index contributed by atoms with van der Waals surface area (Å²) in [7, 11) is -3.33. The van der Waals surface area contributed by atoms with E-state index in [0.29, 0.717) is 41.7 Å². The zero-order chi connectivity index (χ0) is 19.0. The quantitative estimate of drug-likeness (QED) is 0.696. The third kappa shape index (κ3) is 3.65. The molecule has 0 radical (unpaired) electrons. The molecule has 10 heteroatoms. The molecule has 1 aliphatic rings. The second-order valence-electron chi connectivity index (χ2n) is 6.11. The molecule has 27 heavy (non-hydrogen) atoms. The van der Waals surface area contributed by atoms with E-state index in [1.807, 2.05) is 0 Å². The second-order valence-corrected chi connectivity index (χ2v) is 7.86. The minimum absolute atomic E-state index is 0.150. The van der Waals surface area contributed by atoms with E-state index in [2.05, 4.69) is 25.1 Å². The maximum absolute atomic E-state index is 11.9. The molecular formula is C17H16N6O3S. The van der Waals surface area contributed by atoms with Crippen LogP contribution in [-0.4, -0.2) is 46.9 Å². The molecule has 138 valence electrons. The fourth-order valence-corrected chi connectivity index (χ4v) is 3.37. The number of sulfonamides is 1. The summed E-state index contributed by atoms with van der Waals surface area (Å²) in [6.45, 7) is 1.17. The molecule has 0 spiro atoms. The van der Waals surface area contributed by atoms with Gasteiger partial charge in [0.15, 0.2) is 5.82 Å².